The smallest absolute Gasteiger partial charge is 0.343 e. The van der Waals surface area contributed by atoms with Crippen LogP contribution in [0.2, 0.25) is 0 Å². The van der Waals surface area contributed by atoms with E-state index >= 15 is 0 Å². The van der Waals surface area contributed by atoms with Gasteiger partial charge in [-0.15, -0.1) is 0 Å². The molecule has 3 aromatic carbocycles. The maximum absolute atomic E-state index is 13.8. The van der Waals surface area contributed by atoms with Gasteiger partial charge in [-0.2, -0.15) is 0 Å². The Bertz CT molecular complexity index is 1570. The molecule has 0 saturated carbocycles. The molecule has 0 atom stereocenters. The summed E-state index contributed by atoms with van der Waals surface area (Å²) in [6, 6.07) is 23.8. The number of hydrogen-bond acceptors (Lipinski definition) is 5. The average Bonchev–Trinajstić information content (AvgIpc) is 3.33. The number of para-hydroxylation sites is 3. The lowest BCUT2D eigenvalue weighted by atomic mass is 10.0. The number of anilines is 2. The summed E-state index contributed by atoms with van der Waals surface area (Å²) in [5.41, 5.74) is 1.94. The zero-order chi connectivity index (χ0) is 27.6. The average molecular weight is 535 g/mol. The highest BCUT2D eigenvalue weighted by Gasteiger charge is 2.43. The monoisotopic (exact) mass is 534 g/mol. The molecule has 0 bridgehead atoms. The fourth-order valence-corrected chi connectivity index (χ4v) is 5.07. The molecule has 40 heavy (non-hydrogen) atoms. The van der Waals surface area contributed by atoms with Crippen molar-refractivity contribution >= 4 is 52.1 Å². The Labute approximate surface area is 230 Å². The van der Waals surface area contributed by atoms with E-state index in [0.29, 0.717) is 43.2 Å². The lowest BCUT2D eigenvalue weighted by Gasteiger charge is -2.33. The second-order valence-electron chi connectivity index (χ2n) is 9.52. The van der Waals surface area contributed by atoms with Crippen molar-refractivity contribution in [3.63, 3.8) is 0 Å². The molecule has 1 aromatic heterocycles. The van der Waals surface area contributed by atoms with Crippen molar-refractivity contribution in [2.75, 3.05) is 36.1 Å². The second-order valence-corrected chi connectivity index (χ2v) is 9.52. The highest BCUT2D eigenvalue weighted by molar-refractivity contribution is 6.46. The zero-order valence-electron chi connectivity index (χ0n) is 21.6. The van der Waals surface area contributed by atoms with Gasteiger partial charge >= 0.3 is 6.03 Å². The number of barbiturate groups is 1. The molecule has 2 fully saturated rings. The number of nitrogens with zero attached hydrogens (tertiary/aromatic N) is 4. The first-order chi connectivity index (χ1) is 19.5. The largest absolute Gasteiger partial charge is 0.378 e. The van der Waals surface area contributed by atoms with Gasteiger partial charge in [-0.1, -0.05) is 54.6 Å². The molecule has 9 nitrogen and oxygen atoms in total. The molecule has 4 aromatic rings. The van der Waals surface area contributed by atoms with Gasteiger partial charge < -0.3 is 14.2 Å². The maximum atomic E-state index is 13.8. The summed E-state index contributed by atoms with van der Waals surface area (Å²) in [6.07, 6.45) is 3.29. The number of morpholine rings is 1. The molecule has 0 spiro atoms. The molecule has 0 N–H and O–H groups in total. The summed E-state index contributed by atoms with van der Waals surface area (Å²) in [6.45, 7) is 2.20. The fourth-order valence-electron chi connectivity index (χ4n) is 5.07. The van der Waals surface area contributed by atoms with Crippen LogP contribution in [0.15, 0.2) is 96.7 Å². The zero-order valence-corrected chi connectivity index (χ0v) is 21.6. The Hall–Kier alpha value is -5.02. The van der Waals surface area contributed by atoms with E-state index in [2.05, 4.69) is 0 Å². The van der Waals surface area contributed by atoms with Crippen LogP contribution in [0.4, 0.5) is 16.2 Å². The highest BCUT2D eigenvalue weighted by Crippen LogP contribution is 2.31. The summed E-state index contributed by atoms with van der Waals surface area (Å²) in [7, 11) is 0. The maximum Gasteiger partial charge on any atom is 0.343 e. The summed E-state index contributed by atoms with van der Waals surface area (Å²) in [4.78, 5) is 57.9. The Morgan fingerprint density at radius 3 is 1.90 bits per heavy atom. The van der Waals surface area contributed by atoms with Crippen LogP contribution in [-0.4, -0.2) is 59.5 Å². The molecule has 0 radical (unpaired) electrons. The van der Waals surface area contributed by atoms with Gasteiger partial charge in [-0.3, -0.25) is 14.4 Å². The Balaban J connectivity index is 1.44. The van der Waals surface area contributed by atoms with Gasteiger partial charge in [-0.05, 0) is 36.4 Å². The summed E-state index contributed by atoms with van der Waals surface area (Å²) in [5.74, 6) is -1.46. The molecular formula is C31H26N4O5. The number of carbonyl (C=O) groups is 4. The van der Waals surface area contributed by atoms with Crippen molar-refractivity contribution in [2.45, 2.75) is 6.54 Å². The number of ether oxygens (including phenoxy) is 1. The minimum Gasteiger partial charge on any atom is -0.378 e. The van der Waals surface area contributed by atoms with E-state index in [4.69, 9.17) is 4.74 Å². The molecule has 9 heteroatoms. The molecule has 0 unspecified atom stereocenters. The SMILES string of the molecule is O=C(Cn1cc(C=C2C(=O)N(c3ccccc3)C(=O)N(c3ccccc3)C2=O)c2ccccc21)N1CCOCC1. The highest BCUT2D eigenvalue weighted by atomic mass is 16.5. The molecule has 3 heterocycles. The topological polar surface area (TPSA) is 92.2 Å². The van der Waals surface area contributed by atoms with Gasteiger partial charge in [0, 0.05) is 35.8 Å². The van der Waals surface area contributed by atoms with Crippen molar-refractivity contribution in [1.29, 1.82) is 0 Å². The Morgan fingerprint density at radius 1 is 0.750 bits per heavy atom. The van der Waals surface area contributed by atoms with Crippen LogP contribution in [0.25, 0.3) is 17.0 Å². The van der Waals surface area contributed by atoms with Crippen LogP contribution in [0.1, 0.15) is 5.56 Å². The van der Waals surface area contributed by atoms with E-state index in [9.17, 15) is 19.2 Å². The first kappa shape index (κ1) is 25.3. The van der Waals surface area contributed by atoms with Crippen molar-refractivity contribution in [3.05, 3.63) is 102 Å². The van der Waals surface area contributed by atoms with E-state index in [1.54, 1.807) is 71.8 Å². The van der Waals surface area contributed by atoms with Crippen LogP contribution in [-0.2, 0) is 25.7 Å². The molecule has 2 aliphatic heterocycles. The van der Waals surface area contributed by atoms with Gasteiger partial charge in [0.1, 0.15) is 12.1 Å². The number of fused-ring (bicyclic) bond motifs is 1. The second kappa shape index (κ2) is 10.6. The van der Waals surface area contributed by atoms with Crippen LogP contribution in [0.3, 0.4) is 0 Å². The standard InChI is InChI=1S/C31H26N4O5/c36-28(32-15-17-40-18-16-32)21-33-20-22(25-13-7-8-14-27(25)33)19-26-29(37)34(23-9-3-1-4-10-23)31(39)35(30(26)38)24-11-5-2-6-12-24/h1-14,19-20H,15-18,21H2. The molecule has 200 valence electrons. The number of imide groups is 2. The van der Waals surface area contributed by atoms with Crippen molar-refractivity contribution < 1.29 is 23.9 Å². The predicted molar refractivity (Wildman–Crippen MR) is 151 cm³/mol. The number of rotatable bonds is 5. The number of hydrogen-bond donors (Lipinski definition) is 0. The van der Waals surface area contributed by atoms with E-state index in [1.807, 2.05) is 28.8 Å². The summed E-state index contributed by atoms with van der Waals surface area (Å²) < 4.78 is 7.19. The fraction of sp³-hybridized carbons (Fsp3) is 0.161. The molecule has 2 aliphatic rings. The Morgan fingerprint density at radius 2 is 1.30 bits per heavy atom. The molecule has 5 amide bonds. The molecule has 6 rings (SSSR count). The lowest BCUT2D eigenvalue weighted by Crippen LogP contribution is -2.57. The van der Waals surface area contributed by atoms with E-state index < -0.39 is 17.8 Å². The van der Waals surface area contributed by atoms with Crippen LogP contribution >= 0.6 is 0 Å². The number of benzene rings is 3. The number of carbonyl (C=O) groups excluding carboxylic acids is 4. The van der Waals surface area contributed by atoms with Gasteiger partial charge in [0.05, 0.1) is 24.6 Å². The van der Waals surface area contributed by atoms with Crippen LogP contribution in [0.5, 0.6) is 0 Å². The van der Waals surface area contributed by atoms with Crippen molar-refractivity contribution in [2.24, 2.45) is 0 Å². The van der Waals surface area contributed by atoms with Crippen LogP contribution < -0.4 is 9.80 Å². The third kappa shape index (κ3) is 4.56. The third-order valence-corrected chi connectivity index (χ3v) is 7.07. The minimum absolute atomic E-state index is 0.0378. The quantitative estimate of drug-likeness (QED) is 0.284. The van der Waals surface area contributed by atoms with E-state index in [-0.39, 0.29) is 18.0 Å². The van der Waals surface area contributed by atoms with Gasteiger partial charge in [0.2, 0.25) is 5.91 Å². The summed E-state index contributed by atoms with van der Waals surface area (Å²) in [5, 5.41) is 0.778. The normalized spacial score (nSPS) is 16.1. The minimum atomic E-state index is -0.747. The lowest BCUT2D eigenvalue weighted by molar-refractivity contribution is -0.135. The third-order valence-electron chi connectivity index (χ3n) is 7.07. The first-order valence-corrected chi connectivity index (χ1v) is 13.0. The van der Waals surface area contributed by atoms with Crippen molar-refractivity contribution in [1.82, 2.24) is 9.47 Å². The number of amides is 5. The molecule has 0 aliphatic carbocycles. The number of aromatic nitrogens is 1. The van der Waals surface area contributed by atoms with Gasteiger partial charge in [0.25, 0.3) is 11.8 Å². The number of urea groups is 1. The van der Waals surface area contributed by atoms with Gasteiger partial charge in [0.15, 0.2) is 0 Å². The van der Waals surface area contributed by atoms with E-state index in [0.717, 1.165) is 20.7 Å². The summed E-state index contributed by atoms with van der Waals surface area (Å²) >= 11 is 0. The first-order valence-electron chi connectivity index (χ1n) is 13.0. The van der Waals surface area contributed by atoms with E-state index in [1.165, 1.54) is 6.08 Å². The molecular weight excluding hydrogens is 508 g/mol. The van der Waals surface area contributed by atoms with Crippen LogP contribution in [0, 0.1) is 0 Å². The van der Waals surface area contributed by atoms with Gasteiger partial charge in [-0.25, -0.2) is 14.6 Å². The predicted octanol–water partition coefficient (Wildman–Crippen LogP) is 4.08. The Kier molecular flexibility index (Phi) is 6.71. The molecule has 2 saturated heterocycles. The van der Waals surface area contributed by atoms with Crippen molar-refractivity contribution in [3.8, 4) is 0 Å².